The smallest absolute Gasteiger partial charge is 0.335 e. The molecule has 0 saturated carbocycles. The van der Waals surface area contributed by atoms with E-state index in [0.29, 0.717) is 0 Å². The maximum absolute atomic E-state index is 11.0. The van der Waals surface area contributed by atoms with Gasteiger partial charge in [-0.1, -0.05) is 13.0 Å². The summed E-state index contributed by atoms with van der Waals surface area (Å²) in [5.74, 6) is -0.853. The summed E-state index contributed by atoms with van der Waals surface area (Å²) in [6.45, 7) is 8.66. The highest BCUT2D eigenvalue weighted by Crippen LogP contribution is 2.06. The Kier molecular flexibility index (Phi) is 4.59. The summed E-state index contributed by atoms with van der Waals surface area (Å²) in [4.78, 5) is 11.0. The minimum absolute atomic E-state index is 0.191. The first-order chi connectivity index (χ1) is 5.49. The van der Waals surface area contributed by atoms with E-state index in [0.717, 1.165) is 0 Å². The van der Waals surface area contributed by atoms with Gasteiger partial charge < -0.3 is 9.84 Å². The molecule has 0 fully saturated rings. The third-order valence-corrected chi connectivity index (χ3v) is 1.46. The van der Waals surface area contributed by atoms with E-state index < -0.39 is 12.1 Å². The zero-order valence-electron chi connectivity index (χ0n) is 7.78. The Labute approximate surface area is 73.0 Å². The van der Waals surface area contributed by atoms with Gasteiger partial charge >= 0.3 is 5.97 Å². The lowest BCUT2D eigenvalue weighted by molar-refractivity contribution is -0.159. The standard InChI is InChI=1S/C9H16O3/c1-5-7(4)8(10)9(11)12-6(2)3/h5-8,10H,1H2,2-4H3/t7-,8+/m0/s1. The Morgan fingerprint density at radius 2 is 2.00 bits per heavy atom. The molecule has 3 nitrogen and oxygen atoms in total. The zero-order chi connectivity index (χ0) is 9.72. The Morgan fingerprint density at radius 3 is 2.33 bits per heavy atom. The molecule has 0 saturated heterocycles. The summed E-state index contributed by atoms with van der Waals surface area (Å²) >= 11 is 0. The first-order valence-electron chi connectivity index (χ1n) is 4.00. The van der Waals surface area contributed by atoms with Gasteiger partial charge in [-0.25, -0.2) is 4.79 Å². The average molecular weight is 172 g/mol. The Balaban J connectivity index is 4.00. The first-order valence-corrected chi connectivity index (χ1v) is 4.00. The van der Waals surface area contributed by atoms with Crippen molar-refractivity contribution in [1.29, 1.82) is 0 Å². The summed E-state index contributed by atoms with van der Waals surface area (Å²) in [6, 6.07) is 0. The summed E-state index contributed by atoms with van der Waals surface area (Å²) < 4.78 is 4.80. The van der Waals surface area contributed by atoms with Crippen molar-refractivity contribution in [3.63, 3.8) is 0 Å². The van der Waals surface area contributed by atoms with Gasteiger partial charge in [-0.3, -0.25) is 0 Å². The lowest BCUT2D eigenvalue weighted by Gasteiger charge is -2.15. The molecule has 0 aromatic rings. The molecule has 0 radical (unpaired) electrons. The van der Waals surface area contributed by atoms with Crippen LogP contribution in [0.3, 0.4) is 0 Å². The molecule has 0 unspecified atom stereocenters. The Bertz CT molecular complexity index is 163. The van der Waals surface area contributed by atoms with Crippen LogP contribution in [-0.2, 0) is 9.53 Å². The number of aliphatic hydroxyl groups excluding tert-OH is 1. The number of aliphatic hydroxyl groups is 1. The molecule has 0 spiro atoms. The number of hydrogen-bond donors (Lipinski definition) is 1. The van der Waals surface area contributed by atoms with Crippen LogP contribution in [0.15, 0.2) is 12.7 Å². The normalized spacial score (nSPS) is 15.4. The second-order valence-corrected chi connectivity index (χ2v) is 3.03. The molecule has 0 aliphatic heterocycles. The summed E-state index contributed by atoms with van der Waals surface area (Å²) in [5.41, 5.74) is 0. The van der Waals surface area contributed by atoms with E-state index in [1.165, 1.54) is 6.08 Å². The van der Waals surface area contributed by atoms with Crippen LogP contribution in [0.25, 0.3) is 0 Å². The van der Waals surface area contributed by atoms with Gasteiger partial charge in [0.25, 0.3) is 0 Å². The summed E-state index contributed by atoms with van der Waals surface area (Å²) in [7, 11) is 0. The van der Waals surface area contributed by atoms with Crippen LogP contribution in [0.4, 0.5) is 0 Å². The molecule has 2 atom stereocenters. The Hall–Kier alpha value is -0.830. The molecule has 3 heteroatoms. The van der Waals surface area contributed by atoms with Gasteiger partial charge in [0.05, 0.1) is 6.10 Å². The molecule has 0 aliphatic carbocycles. The number of ether oxygens (including phenoxy) is 1. The molecular formula is C9H16O3. The average Bonchev–Trinajstić information content (AvgIpc) is 2.00. The van der Waals surface area contributed by atoms with Gasteiger partial charge in [-0.2, -0.15) is 0 Å². The molecular weight excluding hydrogens is 156 g/mol. The van der Waals surface area contributed by atoms with Crippen LogP contribution in [0.1, 0.15) is 20.8 Å². The van der Waals surface area contributed by atoms with Crippen molar-refractivity contribution >= 4 is 5.97 Å². The van der Waals surface area contributed by atoms with E-state index in [4.69, 9.17) is 4.74 Å². The number of esters is 1. The monoisotopic (exact) mass is 172 g/mol. The highest BCUT2D eigenvalue weighted by atomic mass is 16.6. The van der Waals surface area contributed by atoms with Crippen LogP contribution in [0.5, 0.6) is 0 Å². The van der Waals surface area contributed by atoms with Gasteiger partial charge in [0.1, 0.15) is 0 Å². The summed E-state index contributed by atoms with van der Waals surface area (Å²) in [6.07, 6.45) is 0.237. The topological polar surface area (TPSA) is 46.5 Å². The van der Waals surface area contributed by atoms with Crippen LogP contribution < -0.4 is 0 Å². The number of carbonyl (C=O) groups is 1. The summed E-state index contributed by atoms with van der Waals surface area (Å²) in [5, 5.41) is 9.29. The third-order valence-electron chi connectivity index (χ3n) is 1.46. The van der Waals surface area contributed by atoms with Crippen molar-refractivity contribution in [2.24, 2.45) is 5.92 Å². The third kappa shape index (κ3) is 3.53. The lowest BCUT2D eigenvalue weighted by atomic mass is 10.1. The van der Waals surface area contributed by atoms with Crippen LogP contribution in [-0.4, -0.2) is 23.3 Å². The molecule has 70 valence electrons. The van der Waals surface area contributed by atoms with Crippen LogP contribution >= 0.6 is 0 Å². The predicted octanol–water partition coefficient (Wildman–Crippen LogP) is 1.12. The number of hydrogen-bond acceptors (Lipinski definition) is 3. The van der Waals surface area contributed by atoms with Crippen LogP contribution in [0.2, 0.25) is 0 Å². The highest BCUT2D eigenvalue weighted by molar-refractivity contribution is 5.75. The van der Waals surface area contributed by atoms with Gasteiger partial charge in [-0.05, 0) is 13.8 Å². The minimum atomic E-state index is -1.09. The Morgan fingerprint density at radius 1 is 1.50 bits per heavy atom. The quantitative estimate of drug-likeness (QED) is 0.510. The largest absolute Gasteiger partial charge is 0.461 e. The lowest BCUT2D eigenvalue weighted by Crippen LogP contribution is -2.30. The van der Waals surface area contributed by atoms with E-state index >= 15 is 0 Å². The fraction of sp³-hybridized carbons (Fsp3) is 0.667. The molecule has 0 aromatic heterocycles. The maximum Gasteiger partial charge on any atom is 0.335 e. The van der Waals surface area contributed by atoms with Gasteiger partial charge in [0.15, 0.2) is 6.10 Å². The van der Waals surface area contributed by atoms with E-state index in [1.807, 2.05) is 0 Å². The SMILES string of the molecule is C=C[C@H](C)[C@@H](O)C(=O)OC(C)C. The highest BCUT2D eigenvalue weighted by Gasteiger charge is 2.22. The maximum atomic E-state index is 11.0. The van der Waals surface area contributed by atoms with Crippen LogP contribution in [0, 0.1) is 5.92 Å². The van der Waals surface area contributed by atoms with Crippen molar-refractivity contribution in [3.8, 4) is 0 Å². The van der Waals surface area contributed by atoms with Crippen molar-refractivity contribution in [2.45, 2.75) is 33.0 Å². The van der Waals surface area contributed by atoms with Crippen molar-refractivity contribution < 1.29 is 14.6 Å². The molecule has 0 aromatic carbocycles. The van der Waals surface area contributed by atoms with Gasteiger partial charge in [0.2, 0.25) is 0 Å². The van der Waals surface area contributed by atoms with Gasteiger partial charge in [0, 0.05) is 5.92 Å². The second-order valence-electron chi connectivity index (χ2n) is 3.03. The van der Waals surface area contributed by atoms with Gasteiger partial charge in [-0.15, -0.1) is 6.58 Å². The zero-order valence-corrected chi connectivity index (χ0v) is 7.78. The number of carbonyl (C=O) groups excluding carboxylic acids is 1. The van der Waals surface area contributed by atoms with E-state index in [-0.39, 0.29) is 12.0 Å². The predicted molar refractivity (Wildman–Crippen MR) is 46.6 cm³/mol. The van der Waals surface area contributed by atoms with Crippen molar-refractivity contribution in [1.82, 2.24) is 0 Å². The second kappa shape index (κ2) is 4.93. The molecule has 0 aliphatic rings. The molecule has 0 amide bonds. The van der Waals surface area contributed by atoms with E-state index in [2.05, 4.69) is 6.58 Å². The molecule has 1 N–H and O–H groups in total. The fourth-order valence-corrected chi connectivity index (χ4v) is 0.646. The molecule has 12 heavy (non-hydrogen) atoms. The molecule has 0 heterocycles. The first kappa shape index (κ1) is 11.2. The van der Waals surface area contributed by atoms with E-state index in [9.17, 15) is 9.90 Å². The number of rotatable bonds is 4. The minimum Gasteiger partial charge on any atom is -0.461 e. The van der Waals surface area contributed by atoms with Crippen molar-refractivity contribution in [3.05, 3.63) is 12.7 Å². The van der Waals surface area contributed by atoms with E-state index in [1.54, 1.807) is 20.8 Å². The molecule has 0 bridgehead atoms. The fourth-order valence-electron chi connectivity index (χ4n) is 0.646. The molecule has 0 rings (SSSR count). The van der Waals surface area contributed by atoms with Crippen molar-refractivity contribution in [2.75, 3.05) is 0 Å².